The Balaban J connectivity index is 2.06. The van der Waals surface area contributed by atoms with Crippen molar-refractivity contribution in [2.75, 3.05) is 16.9 Å². The van der Waals surface area contributed by atoms with Crippen molar-refractivity contribution in [1.29, 1.82) is 0 Å². The third kappa shape index (κ3) is 2.74. The van der Waals surface area contributed by atoms with E-state index >= 15 is 0 Å². The minimum absolute atomic E-state index is 0.00236. The number of anilines is 2. The molecule has 126 valence electrons. The van der Waals surface area contributed by atoms with Gasteiger partial charge in [-0.05, 0) is 36.4 Å². The first-order valence-electron chi connectivity index (χ1n) is 7.11. The number of hydrogen-bond donors (Lipinski definition) is 0. The molecule has 0 N–H and O–H groups in total. The molecule has 0 bridgehead atoms. The molecule has 2 aromatic carbocycles. The summed E-state index contributed by atoms with van der Waals surface area (Å²) in [5.74, 6) is -2.81. The quantitative estimate of drug-likeness (QED) is 0.478. The first kappa shape index (κ1) is 16.7. The lowest BCUT2D eigenvalue weighted by atomic mass is 10.1. The van der Waals surface area contributed by atoms with Gasteiger partial charge in [0.05, 0.1) is 24.0 Å². The van der Waals surface area contributed by atoms with E-state index in [9.17, 15) is 19.2 Å². The first-order valence-corrected chi connectivity index (χ1v) is 7.49. The van der Waals surface area contributed by atoms with E-state index < -0.39 is 23.8 Å². The molecule has 0 unspecified atom stereocenters. The van der Waals surface area contributed by atoms with Crippen LogP contribution in [-0.4, -0.2) is 30.9 Å². The number of amides is 4. The van der Waals surface area contributed by atoms with Gasteiger partial charge in [-0.3, -0.25) is 9.59 Å². The number of halogens is 1. The highest BCUT2D eigenvalue weighted by molar-refractivity contribution is 6.60. The fourth-order valence-corrected chi connectivity index (χ4v) is 2.57. The van der Waals surface area contributed by atoms with Crippen LogP contribution in [0.1, 0.15) is 10.4 Å². The Labute approximate surface area is 147 Å². The Morgan fingerprint density at radius 1 is 0.920 bits per heavy atom. The van der Waals surface area contributed by atoms with Crippen molar-refractivity contribution in [1.82, 2.24) is 0 Å². The Bertz CT molecular complexity index is 894. The molecule has 1 fully saturated rings. The number of imide groups is 2. The molecule has 2 aromatic rings. The van der Waals surface area contributed by atoms with Gasteiger partial charge in [0.1, 0.15) is 0 Å². The average molecular weight is 359 g/mol. The van der Waals surface area contributed by atoms with Gasteiger partial charge in [0.25, 0.3) is 0 Å². The van der Waals surface area contributed by atoms with Gasteiger partial charge in [-0.2, -0.15) is 0 Å². The van der Waals surface area contributed by atoms with E-state index in [2.05, 4.69) is 4.74 Å². The fourth-order valence-electron chi connectivity index (χ4n) is 2.45. The molecule has 7 nitrogen and oxygen atoms in total. The van der Waals surface area contributed by atoms with Crippen molar-refractivity contribution in [2.24, 2.45) is 0 Å². The lowest BCUT2D eigenvalue weighted by molar-refractivity contribution is -0.133. The van der Waals surface area contributed by atoms with Crippen LogP contribution in [0.25, 0.3) is 0 Å². The molecular weight excluding hydrogens is 348 g/mol. The maximum absolute atomic E-state index is 12.7. The SMILES string of the molecule is COC(=O)c1ccccc1N1C(=O)C(=O)N(c2ccc(Cl)cc2)C1=O. The average Bonchev–Trinajstić information content (AvgIpc) is 2.84. The highest BCUT2D eigenvalue weighted by Crippen LogP contribution is 2.30. The van der Waals surface area contributed by atoms with Gasteiger partial charge in [-0.15, -0.1) is 0 Å². The normalized spacial score (nSPS) is 14.2. The first-order chi connectivity index (χ1) is 12.0. The number of para-hydroxylation sites is 1. The predicted molar refractivity (Wildman–Crippen MR) is 89.6 cm³/mol. The van der Waals surface area contributed by atoms with Crippen molar-refractivity contribution in [2.45, 2.75) is 0 Å². The van der Waals surface area contributed by atoms with E-state index in [1.807, 2.05) is 0 Å². The van der Waals surface area contributed by atoms with Crippen molar-refractivity contribution in [3.05, 3.63) is 59.1 Å². The number of ether oxygens (including phenoxy) is 1. The van der Waals surface area contributed by atoms with Gasteiger partial charge in [0, 0.05) is 5.02 Å². The number of carbonyl (C=O) groups is 4. The summed E-state index contributed by atoms with van der Waals surface area (Å²) in [6.07, 6.45) is 0. The van der Waals surface area contributed by atoms with Crippen molar-refractivity contribution in [3.8, 4) is 0 Å². The van der Waals surface area contributed by atoms with Crippen LogP contribution in [0.4, 0.5) is 16.2 Å². The number of methoxy groups -OCH3 is 1. The van der Waals surface area contributed by atoms with Gasteiger partial charge in [-0.1, -0.05) is 23.7 Å². The van der Waals surface area contributed by atoms with Crippen molar-refractivity contribution < 1.29 is 23.9 Å². The maximum Gasteiger partial charge on any atom is 0.343 e. The highest BCUT2D eigenvalue weighted by atomic mass is 35.5. The number of nitrogens with zero attached hydrogens (tertiary/aromatic N) is 2. The number of esters is 1. The zero-order chi connectivity index (χ0) is 18.1. The summed E-state index contributed by atoms with van der Waals surface area (Å²) in [7, 11) is 1.18. The predicted octanol–water partition coefficient (Wildman–Crippen LogP) is 2.63. The molecule has 0 aromatic heterocycles. The summed E-state index contributed by atoms with van der Waals surface area (Å²) < 4.78 is 4.66. The van der Waals surface area contributed by atoms with Crippen LogP contribution in [0.5, 0.6) is 0 Å². The summed E-state index contributed by atoms with van der Waals surface area (Å²) in [5, 5.41) is 0.419. The summed E-state index contributed by atoms with van der Waals surface area (Å²) in [6, 6.07) is 10.9. The van der Waals surface area contributed by atoms with E-state index in [1.54, 1.807) is 6.07 Å². The Hall–Kier alpha value is -3.19. The third-order valence-electron chi connectivity index (χ3n) is 3.61. The lowest BCUT2D eigenvalue weighted by Crippen LogP contribution is -2.34. The van der Waals surface area contributed by atoms with Crippen molar-refractivity contribution in [3.63, 3.8) is 0 Å². The van der Waals surface area contributed by atoms with Crippen molar-refractivity contribution >= 4 is 46.8 Å². The second-order valence-electron chi connectivity index (χ2n) is 5.05. The lowest BCUT2D eigenvalue weighted by Gasteiger charge is -2.17. The molecule has 0 spiro atoms. The molecule has 0 radical (unpaired) electrons. The summed E-state index contributed by atoms with van der Waals surface area (Å²) >= 11 is 5.80. The van der Waals surface area contributed by atoms with Crippen LogP contribution in [0.2, 0.25) is 5.02 Å². The van der Waals surface area contributed by atoms with E-state index in [0.717, 1.165) is 4.90 Å². The molecule has 1 aliphatic heterocycles. The molecule has 1 heterocycles. The van der Waals surface area contributed by atoms with Crippen LogP contribution in [-0.2, 0) is 14.3 Å². The van der Waals surface area contributed by atoms with Crippen LogP contribution in [0, 0.1) is 0 Å². The van der Waals surface area contributed by atoms with E-state index in [0.29, 0.717) is 9.92 Å². The number of carbonyl (C=O) groups excluding carboxylic acids is 4. The van der Waals surface area contributed by atoms with Gasteiger partial charge >= 0.3 is 23.8 Å². The minimum Gasteiger partial charge on any atom is -0.465 e. The summed E-state index contributed by atoms with van der Waals surface area (Å²) in [5.41, 5.74) is 0.178. The second kappa shape index (κ2) is 6.37. The van der Waals surface area contributed by atoms with Crippen LogP contribution in [0.3, 0.4) is 0 Å². The van der Waals surface area contributed by atoms with Gasteiger partial charge in [0.2, 0.25) is 0 Å². The standard InChI is InChI=1S/C17H11ClN2O5/c1-25-16(23)12-4-2-3-5-13(12)20-15(22)14(21)19(17(20)24)11-8-6-10(18)7-9-11/h2-9H,1H3. The molecule has 0 atom stereocenters. The monoisotopic (exact) mass is 358 g/mol. The molecule has 0 saturated carbocycles. The molecule has 1 saturated heterocycles. The molecule has 1 aliphatic rings. The molecule has 3 rings (SSSR count). The Morgan fingerprint density at radius 2 is 1.52 bits per heavy atom. The second-order valence-corrected chi connectivity index (χ2v) is 5.49. The number of benzene rings is 2. The van der Waals surface area contributed by atoms with Gasteiger partial charge in [-0.25, -0.2) is 19.4 Å². The molecule has 8 heteroatoms. The largest absolute Gasteiger partial charge is 0.465 e. The number of hydrogen-bond acceptors (Lipinski definition) is 5. The van der Waals surface area contributed by atoms with E-state index in [1.165, 1.54) is 49.6 Å². The molecule has 0 aliphatic carbocycles. The zero-order valence-electron chi connectivity index (χ0n) is 12.9. The van der Waals surface area contributed by atoms with Gasteiger partial charge < -0.3 is 4.74 Å². The minimum atomic E-state index is -1.06. The smallest absolute Gasteiger partial charge is 0.343 e. The molecule has 25 heavy (non-hydrogen) atoms. The Kier molecular flexibility index (Phi) is 4.24. The zero-order valence-corrected chi connectivity index (χ0v) is 13.7. The topological polar surface area (TPSA) is 84.0 Å². The van der Waals surface area contributed by atoms with E-state index in [4.69, 9.17) is 11.6 Å². The highest BCUT2D eigenvalue weighted by Gasteiger charge is 2.47. The van der Waals surface area contributed by atoms with Crippen LogP contribution < -0.4 is 9.80 Å². The summed E-state index contributed by atoms with van der Waals surface area (Å²) in [6.45, 7) is 0. The molecular formula is C17H11ClN2O5. The maximum atomic E-state index is 12.7. The summed E-state index contributed by atoms with van der Waals surface area (Å²) in [4.78, 5) is 50.6. The van der Waals surface area contributed by atoms with E-state index in [-0.39, 0.29) is 16.9 Å². The molecule has 4 amide bonds. The fraction of sp³-hybridized carbons (Fsp3) is 0.0588. The number of rotatable bonds is 3. The number of urea groups is 1. The van der Waals surface area contributed by atoms with Crippen LogP contribution >= 0.6 is 11.6 Å². The van der Waals surface area contributed by atoms with Crippen LogP contribution in [0.15, 0.2) is 48.5 Å². The Morgan fingerprint density at radius 3 is 2.16 bits per heavy atom. The van der Waals surface area contributed by atoms with Gasteiger partial charge in [0.15, 0.2) is 0 Å². The third-order valence-corrected chi connectivity index (χ3v) is 3.86.